The number of benzene rings is 1. The van der Waals surface area contributed by atoms with Gasteiger partial charge in [-0.1, -0.05) is 20.8 Å². The summed E-state index contributed by atoms with van der Waals surface area (Å²) < 4.78 is 11.5. The number of ether oxygens (including phenoxy) is 1. The highest BCUT2D eigenvalue weighted by atomic mass is 16.5. The molecular weight excluding hydrogens is 212 g/mol. The quantitative estimate of drug-likeness (QED) is 0.759. The lowest BCUT2D eigenvalue weighted by Crippen LogP contribution is -2.08. The van der Waals surface area contributed by atoms with Crippen molar-refractivity contribution in [3.63, 3.8) is 0 Å². The maximum absolute atomic E-state index is 5.87. The van der Waals surface area contributed by atoms with E-state index < -0.39 is 0 Å². The fraction of sp³-hybridized carbons (Fsp3) is 0.467. The van der Waals surface area contributed by atoms with Crippen LogP contribution in [0, 0.1) is 0 Å². The number of hydrogen-bond donors (Lipinski definition) is 0. The number of hydrogen-bond acceptors (Lipinski definition) is 2. The van der Waals surface area contributed by atoms with Crippen LogP contribution in [0.1, 0.15) is 40.4 Å². The summed E-state index contributed by atoms with van der Waals surface area (Å²) >= 11 is 0. The van der Waals surface area contributed by atoms with Gasteiger partial charge in [0.15, 0.2) is 0 Å². The molecule has 0 radical (unpaired) electrons. The SMILES string of the molecule is CC(C)Oc1ccc2cc(C(C)(C)C)oc2c1. The molecule has 0 fully saturated rings. The van der Waals surface area contributed by atoms with Gasteiger partial charge in [0.25, 0.3) is 0 Å². The van der Waals surface area contributed by atoms with E-state index in [-0.39, 0.29) is 11.5 Å². The molecule has 2 aromatic rings. The summed E-state index contributed by atoms with van der Waals surface area (Å²) in [6.07, 6.45) is 0.185. The molecule has 17 heavy (non-hydrogen) atoms. The minimum Gasteiger partial charge on any atom is -0.491 e. The smallest absolute Gasteiger partial charge is 0.137 e. The molecule has 2 rings (SSSR count). The molecule has 0 amide bonds. The number of fused-ring (bicyclic) bond motifs is 1. The molecular formula is C15H20O2. The lowest BCUT2D eigenvalue weighted by Gasteiger charge is -2.13. The van der Waals surface area contributed by atoms with Gasteiger partial charge in [0.2, 0.25) is 0 Å². The molecule has 0 N–H and O–H groups in total. The summed E-state index contributed by atoms with van der Waals surface area (Å²) in [4.78, 5) is 0. The third-order valence-electron chi connectivity index (χ3n) is 2.60. The second kappa shape index (κ2) is 4.10. The van der Waals surface area contributed by atoms with Crippen LogP contribution in [0.5, 0.6) is 5.75 Å². The van der Waals surface area contributed by atoms with Crippen LogP contribution in [0.3, 0.4) is 0 Å². The molecule has 0 bridgehead atoms. The van der Waals surface area contributed by atoms with Crippen LogP contribution in [0.25, 0.3) is 11.0 Å². The molecule has 0 aliphatic carbocycles. The topological polar surface area (TPSA) is 22.4 Å². The molecule has 0 atom stereocenters. The van der Waals surface area contributed by atoms with Crippen LogP contribution in [-0.4, -0.2) is 6.10 Å². The van der Waals surface area contributed by atoms with Crippen molar-refractivity contribution in [1.29, 1.82) is 0 Å². The second-order valence-electron chi connectivity index (χ2n) is 5.73. The molecule has 1 heterocycles. The zero-order chi connectivity index (χ0) is 12.6. The lowest BCUT2D eigenvalue weighted by atomic mass is 9.93. The van der Waals surface area contributed by atoms with Gasteiger partial charge in [-0.2, -0.15) is 0 Å². The Morgan fingerprint density at radius 1 is 1.12 bits per heavy atom. The predicted octanol–water partition coefficient (Wildman–Crippen LogP) is 4.52. The van der Waals surface area contributed by atoms with Gasteiger partial charge in [-0.25, -0.2) is 0 Å². The fourth-order valence-electron chi connectivity index (χ4n) is 1.73. The monoisotopic (exact) mass is 232 g/mol. The van der Waals surface area contributed by atoms with Crippen molar-refractivity contribution in [2.24, 2.45) is 0 Å². The van der Waals surface area contributed by atoms with Crippen molar-refractivity contribution >= 4 is 11.0 Å². The van der Waals surface area contributed by atoms with Crippen molar-refractivity contribution in [3.05, 3.63) is 30.0 Å². The fourth-order valence-corrected chi connectivity index (χ4v) is 1.73. The minimum atomic E-state index is 0.0398. The van der Waals surface area contributed by atoms with Crippen LogP contribution >= 0.6 is 0 Å². The second-order valence-corrected chi connectivity index (χ2v) is 5.73. The molecule has 0 saturated carbocycles. The summed E-state index contributed by atoms with van der Waals surface area (Å²) in [5, 5.41) is 1.13. The number of rotatable bonds is 2. The van der Waals surface area contributed by atoms with E-state index in [0.29, 0.717) is 0 Å². The van der Waals surface area contributed by atoms with E-state index in [1.54, 1.807) is 0 Å². The third kappa shape index (κ3) is 2.63. The van der Waals surface area contributed by atoms with E-state index in [9.17, 15) is 0 Å². The zero-order valence-electron chi connectivity index (χ0n) is 11.2. The molecule has 0 aliphatic rings. The normalized spacial score (nSPS) is 12.4. The van der Waals surface area contributed by atoms with Gasteiger partial charge in [0.05, 0.1) is 6.10 Å². The standard InChI is InChI=1S/C15H20O2/c1-10(2)16-12-7-6-11-8-14(15(3,4)5)17-13(11)9-12/h6-10H,1-5H3. The Labute approximate surface area is 103 Å². The Balaban J connectivity index is 2.41. The van der Waals surface area contributed by atoms with Crippen LogP contribution in [0.15, 0.2) is 28.7 Å². The molecule has 0 spiro atoms. The Morgan fingerprint density at radius 2 is 1.82 bits per heavy atom. The summed E-state index contributed by atoms with van der Waals surface area (Å²) in [7, 11) is 0. The zero-order valence-corrected chi connectivity index (χ0v) is 11.2. The molecule has 1 aromatic carbocycles. The molecule has 0 saturated heterocycles. The van der Waals surface area contributed by atoms with E-state index >= 15 is 0 Å². The van der Waals surface area contributed by atoms with Crippen molar-refractivity contribution < 1.29 is 9.15 Å². The van der Waals surface area contributed by atoms with Gasteiger partial charge < -0.3 is 9.15 Å². The van der Waals surface area contributed by atoms with Gasteiger partial charge in [-0.15, -0.1) is 0 Å². The van der Waals surface area contributed by atoms with Crippen molar-refractivity contribution in [2.45, 2.75) is 46.1 Å². The van der Waals surface area contributed by atoms with Crippen molar-refractivity contribution in [2.75, 3.05) is 0 Å². The van der Waals surface area contributed by atoms with Gasteiger partial charge in [0, 0.05) is 16.9 Å². The van der Waals surface area contributed by atoms with E-state index in [2.05, 4.69) is 26.8 Å². The first-order valence-electron chi connectivity index (χ1n) is 6.07. The maximum Gasteiger partial charge on any atom is 0.137 e. The van der Waals surface area contributed by atoms with E-state index in [4.69, 9.17) is 9.15 Å². The van der Waals surface area contributed by atoms with Crippen LogP contribution in [0.4, 0.5) is 0 Å². The summed E-state index contributed by atoms with van der Waals surface area (Å²) in [6, 6.07) is 8.11. The highest BCUT2D eigenvalue weighted by Crippen LogP contribution is 2.31. The van der Waals surface area contributed by atoms with E-state index in [0.717, 1.165) is 22.5 Å². The number of furan rings is 1. The average molecular weight is 232 g/mol. The summed E-state index contributed by atoms with van der Waals surface area (Å²) in [6.45, 7) is 10.5. The van der Waals surface area contributed by atoms with E-state index in [1.807, 2.05) is 32.0 Å². The minimum absolute atomic E-state index is 0.0398. The molecule has 0 unspecified atom stereocenters. The first-order chi connectivity index (χ1) is 7.86. The molecule has 2 heteroatoms. The largest absolute Gasteiger partial charge is 0.491 e. The Morgan fingerprint density at radius 3 is 2.41 bits per heavy atom. The Kier molecular flexibility index (Phi) is 2.90. The highest BCUT2D eigenvalue weighted by molar-refractivity contribution is 5.79. The summed E-state index contributed by atoms with van der Waals surface area (Å²) in [5.74, 6) is 1.87. The molecule has 2 nitrogen and oxygen atoms in total. The lowest BCUT2D eigenvalue weighted by molar-refractivity contribution is 0.242. The van der Waals surface area contributed by atoms with Crippen LogP contribution in [-0.2, 0) is 5.41 Å². The first-order valence-corrected chi connectivity index (χ1v) is 6.07. The molecule has 1 aromatic heterocycles. The van der Waals surface area contributed by atoms with Gasteiger partial charge >= 0.3 is 0 Å². The van der Waals surface area contributed by atoms with E-state index in [1.165, 1.54) is 0 Å². The molecule has 0 aliphatic heterocycles. The highest BCUT2D eigenvalue weighted by Gasteiger charge is 2.18. The predicted molar refractivity (Wildman–Crippen MR) is 70.7 cm³/mol. The first kappa shape index (κ1) is 12.0. The van der Waals surface area contributed by atoms with Crippen LogP contribution in [0.2, 0.25) is 0 Å². The van der Waals surface area contributed by atoms with Crippen molar-refractivity contribution in [1.82, 2.24) is 0 Å². The maximum atomic E-state index is 5.87. The average Bonchev–Trinajstić information content (AvgIpc) is 2.58. The van der Waals surface area contributed by atoms with Gasteiger partial charge in [-0.05, 0) is 32.0 Å². The van der Waals surface area contributed by atoms with Crippen LogP contribution < -0.4 is 4.74 Å². The molecule has 92 valence electrons. The Bertz CT molecular complexity index is 515. The van der Waals surface area contributed by atoms with Gasteiger partial charge in [0.1, 0.15) is 17.1 Å². The summed E-state index contributed by atoms with van der Waals surface area (Å²) in [5.41, 5.74) is 0.936. The van der Waals surface area contributed by atoms with Gasteiger partial charge in [-0.3, -0.25) is 0 Å². The Hall–Kier alpha value is -1.44. The third-order valence-corrected chi connectivity index (χ3v) is 2.60. The van der Waals surface area contributed by atoms with Crippen molar-refractivity contribution in [3.8, 4) is 5.75 Å².